The van der Waals surface area contributed by atoms with Crippen LogP contribution in [0.4, 0.5) is 15.9 Å². The minimum Gasteiger partial charge on any atom is -0.409 e. The highest BCUT2D eigenvalue weighted by Crippen LogP contribution is 2.21. The van der Waals surface area contributed by atoms with E-state index >= 15 is 0 Å². The molecule has 1 aliphatic rings. The highest BCUT2D eigenvalue weighted by atomic mass is 79.9. The van der Waals surface area contributed by atoms with E-state index in [0.717, 1.165) is 12.8 Å². The number of halogens is 2. The van der Waals surface area contributed by atoms with Gasteiger partial charge in [0.25, 0.3) is 0 Å². The van der Waals surface area contributed by atoms with E-state index in [1.165, 1.54) is 18.2 Å². The maximum atomic E-state index is 13.4. The molecule has 0 saturated carbocycles. The highest BCUT2D eigenvalue weighted by Gasteiger charge is 2.20. The van der Waals surface area contributed by atoms with Crippen molar-refractivity contribution >= 4 is 43.3 Å². The molecule has 0 spiro atoms. The van der Waals surface area contributed by atoms with Crippen molar-refractivity contribution in [3.8, 4) is 0 Å². The molecule has 1 aromatic heterocycles. The summed E-state index contributed by atoms with van der Waals surface area (Å²) in [6, 6.07) is 4.14. The van der Waals surface area contributed by atoms with Crippen LogP contribution in [0.5, 0.6) is 0 Å². The summed E-state index contributed by atoms with van der Waals surface area (Å²) in [5.41, 5.74) is 0.514. The van der Waals surface area contributed by atoms with Gasteiger partial charge in [0.05, 0.1) is 10.2 Å². The van der Waals surface area contributed by atoms with Gasteiger partial charge in [-0.3, -0.25) is 0 Å². The number of hydrogen-bond donors (Lipinski definition) is 4. The van der Waals surface area contributed by atoms with E-state index in [1.54, 1.807) is 5.01 Å². The first kappa shape index (κ1) is 22.4. The Bertz CT molecular complexity index is 995. The Morgan fingerprint density at radius 3 is 2.80 bits per heavy atom. The second-order valence-corrected chi connectivity index (χ2v) is 9.22. The Morgan fingerprint density at radius 2 is 2.10 bits per heavy atom. The second kappa shape index (κ2) is 10.1. The predicted molar refractivity (Wildman–Crippen MR) is 111 cm³/mol. The molecule has 11 nitrogen and oxygen atoms in total. The maximum Gasteiger partial charge on any atom is 0.224 e. The molecule has 1 aliphatic heterocycles. The summed E-state index contributed by atoms with van der Waals surface area (Å²) in [4.78, 5) is 2.56. The lowest BCUT2D eigenvalue weighted by Crippen LogP contribution is -2.41. The molecule has 0 unspecified atom stereocenters. The third-order valence-corrected chi connectivity index (χ3v) is 6.22. The number of anilines is 2. The van der Waals surface area contributed by atoms with Gasteiger partial charge in [-0.1, -0.05) is 5.16 Å². The molecular formula is C16H21BrFN7O4S. The van der Waals surface area contributed by atoms with E-state index < -0.39 is 15.8 Å². The number of nitrogens with one attached hydrogen (secondary N) is 3. The lowest BCUT2D eigenvalue weighted by atomic mass is 10.3. The fourth-order valence-corrected chi connectivity index (χ4v) is 4.39. The number of oxime groups is 1. The summed E-state index contributed by atoms with van der Waals surface area (Å²) in [5, 5.41) is 27.3. The van der Waals surface area contributed by atoms with Gasteiger partial charge in [0, 0.05) is 25.3 Å². The number of aromatic nitrogens is 2. The minimum atomic E-state index is -3.42. The fraction of sp³-hybridized carbons (Fsp3) is 0.438. The number of hydrazine groups is 1. The average molecular weight is 506 g/mol. The van der Waals surface area contributed by atoms with Gasteiger partial charge in [0.1, 0.15) is 5.82 Å². The molecule has 0 amide bonds. The zero-order valence-electron chi connectivity index (χ0n) is 15.8. The predicted octanol–water partition coefficient (Wildman–Crippen LogP) is 1.95. The average Bonchev–Trinajstić information content (AvgIpc) is 3.38. The van der Waals surface area contributed by atoms with E-state index in [2.05, 4.69) is 46.9 Å². The van der Waals surface area contributed by atoms with Gasteiger partial charge in [0.15, 0.2) is 5.69 Å². The molecule has 2 aromatic rings. The van der Waals surface area contributed by atoms with Crippen LogP contribution < -0.4 is 15.5 Å². The number of amidine groups is 1. The molecule has 14 heteroatoms. The standard InChI is InChI=1S/C16H21BrFN7O4S/c17-12-10-11(4-5-13(12)18)20-16(21-26)14-15(23-29-22-14)19-6-3-9-30(27,28)24-25-7-1-2-8-25/h4-5,10,24,26H,1-3,6-9H2,(H,19,23)(H,20,21). The fourth-order valence-electron chi connectivity index (χ4n) is 2.82. The first-order valence-corrected chi connectivity index (χ1v) is 11.6. The van der Waals surface area contributed by atoms with Crippen LogP contribution in [0.3, 0.4) is 0 Å². The quantitative estimate of drug-likeness (QED) is 0.132. The summed E-state index contributed by atoms with van der Waals surface area (Å²) in [7, 11) is -3.42. The van der Waals surface area contributed by atoms with E-state index in [9.17, 15) is 18.0 Å². The van der Waals surface area contributed by atoms with E-state index in [0.29, 0.717) is 25.2 Å². The summed E-state index contributed by atoms with van der Waals surface area (Å²) in [5.74, 6) is -0.426. The Kier molecular flexibility index (Phi) is 7.58. The van der Waals surface area contributed by atoms with Crippen molar-refractivity contribution in [3.05, 3.63) is 34.2 Å². The number of nitrogens with zero attached hydrogens (tertiary/aromatic N) is 4. The van der Waals surface area contributed by atoms with Crippen LogP contribution in [0.15, 0.2) is 32.5 Å². The number of hydrogen-bond acceptors (Lipinski definition) is 9. The van der Waals surface area contributed by atoms with Gasteiger partial charge in [-0.15, -0.1) is 4.83 Å². The minimum absolute atomic E-state index is 0.0695. The summed E-state index contributed by atoms with van der Waals surface area (Å²) in [6.45, 7) is 1.70. The van der Waals surface area contributed by atoms with Crippen molar-refractivity contribution in [1.82, 2.24) is 20.2 Å². The third-order valence-electron chi connectivity index (χ3n) is 4.25. The highest BCUT2D eigenvalue weighted by molar-refractivity contribution is 9.10. The normalized spacial score (nSPS) is 15.5. The van der Waals surface area contributed by atoms with Gasteiger partial charge >= 0.3 is 0 Å². The Hall–Kier alpha value is -2.29. The molecule has 30 heavy (non-hydrogen) atoms. The number of rotatable bonds is 9. The third kappa shape index (κ3) is 6.10. The molecule has 0 aliphatic carbocycles. The zero-order chi connectivity index (χ0) is 21.6. The molecule has 2 heterocycles. The van der Waals surface area contributed by atoms with Crippen molar-refractivity contribution in [2.24, 2.45) is 5.16 Å². The van der Waals surface area contributed by atoms with Crippen LogP contribution in [-0.4, -0.2) is 60.2 Å². The van der Waals surface area contributed by atoms with Crippen molar-refractivity contribution in [1.29, 1.82) is 0 Å². The summed E-state index contributed by atoms with van der Waals surface area (Å²) >= 11 is 3.07. The molecule has 4 N–H and O–H groups in total. The summed E-state index contributed by atoms with van der Waals surface area (Å²) < 4.78 is 42.5. The Balaban J connectivity index is 1.54. The van der Waals surface area contributed by atoms with Crippen LogP contribution in [0.2, 0.25) is 0 Å². The van der Waals surface area contributed by atoms with Crippen LogP contribution in [0.25, 0.3) is 0 Å². The van der Waals surface area contributed by atoms with Crippen LogP contribution in [0, 0.1) is 5.82 Å². The van der Waals surface area contributed by atoms with E-state index in [-0.39, 0.29) is 34.1 Å². The molecule has 1 aromatic carbocycles. The van der Waals surface area contributed by atoms with Crippen LogP contribution in [-0.2, 0) is 10.0 Å². The van der Waals surface area contributed by atoms with Crippen molar-refractivity contribution in [3.63, 3.8) is 0 Å². The van der Waals surface area contributed by atoms with Gasteiger partial charge in [-0.25, -0.2) is 22.4 Å². The van der Waals surface area contributed by atoms with Crippen molar-refractivity contribution in [2.75, 3.05) is 36.0 Å². The SMILES string of the molecule is O=S(=O)(CCCNc1nonc1C(=NO)Nc1ccc(F)c(Br)c1)NN1CCCC1. The van der Waals surface area contributed by atoms with Crippen LogP contribution >= 0.6 is 15.9 Å². The molecular weight excluding hydrogens is 485 g/mol. The topological polar surface area (TPSA) is 145 Å². The molecule has 0 bridgehead atoms. The molecule has 0 atom stereocenters. The number of benzene rings is 1. The largest absolute Gasteiger partial charge is 0.409 e. The van der Waals surface area contributed by atoms with Crippen molar-refractivity contribution < 1.29 is 22.6 Å². The van der Waals surface area contributed by atoms with Gasteiger partial charge in [-0.2, -0.15) is 0 Å². The smallest absolute Gasteiger partial charge is 0.224 e. The molecule has 1 saturated heterocycles. The lowest BCUT2D eigenvalue weighted by molar-refractivity contribution is 0.300. The van der Waals surface area contributed by atoms with Crippen molar-refractivity contribution in [2.45, 2.75) is 19.3 Å². The van der Waals surface area contributed by atoms with Gasteiger partial charge in [0.2, 0.25) is 21.7 Å². The lowest BCUT2D eigenvalue weighted by Gasteiger charge is -2.16. The second-order valence-electron chi connectivity index (χ2n) is 6.55. The molecule has 1 fully saturated rings. The van der Waals surface area contributed by atoms with E-state index in [4.69, 9.17) is 4.63 Å². The molecule has 3 rings (SSSR count). The van der Waals surface area contributed by atoms with E-state index in [1.807, 2.05) is 0 Å². The maximum absolute atomic E-state index is 13.4. The Morgan fingerprint density at radius 1 is 1.33 bits per heavy atom. The molecule has 0 radical (unpaired) electrons. The zero-order valence-corrected chi connectivity index (χ0v) is 18.2. The molecule has 164 valence electrons. The summed E-state index contributed by atoms with van der Waals surface area (Å²) in [6.07, 6.45) is 2.26. The van der Waals surface area contributed by atoms with Crippen LogP contribution in [0.1, 0.15) is 25.0 Å². The first-order chi connectivity index (χ1) is 14.4. The number of sulfonamides is 1. The Labute approximate surface area is 180 Å². The van der Waals surface area contributed by atoms with Gasteiger partial charge < -0.3 is 15.8 Å². The monoisotopic (exact) mass is 505 g/mol. The van der Waals surface area contributed by atoms with Gasteiger partial charge in [-0.05, 0) is 63.7 Å². The first-order valence-electron chi connectivity index (χ1n) is 9.14.